The lowest BCUT2D eigenvalue weighted by Gasteiger charge is -2.18. The first-order valence-electron chi connectivity index (χ1n) is 5.67. The summed E-state index contributed by atoms with van der Waals surface area (Å²) >= 11 is 0. The maximum absolute atomic E-state index is 12.0. The molecule has 0 heterocycles. The van der Waals surface area contributed by atoms with E-state index >= 15 is 0 Å². The summed E-state index contributed by atoms with van der Waals surface area (Å²) in [5, 5.41) is 0. The predicted octanol–water partition coefficient (Wildman–Crippen LogP) is 2.22. The number of rotatable bonds is 5. The quantitative estimate of drug-likeness (QED) is 0.874. The van der Waals surface area contributed by atoms with Gasteiger partial charge in [0.1, 0.15) is 16.8 Å². The first-order chi connectivity index (χ1) is 7.91. The van der Waals surface area contributed by atoms with Crippen LogP contribution in [0.3, 0.4) is 0 Å². The Balaban J connectivity index is 2.77. The minimum atomic E-state index is -1.33. The van der Waals surface area contributed by atoms with Gasteiger partial charge in [0.15, 0.2) is 0 Å². The largest absolute Gasteiger partial charge is 0.298 e. The van der Waals surface area contributed by atoms with Gasteiger partial charge in [-0.15, -0.1) is 0 Å². The third kappa shape index (κ3) is 4.06. The Bertz CT molecular complexity index is 412. The lowest BCUT2D eigenvalue weighted by atomic mass is 10.0. The molecule has 0 fully saturated rings. The molecule has 2 atom stereocenters. The highest BCUT2D eigenvalue weighted by Crippen LogP contribution is 2.10. The molecule has 0 radical (unpaired) electrons. The molecule has 0 saturated carbocycles. The monoisotopic (exact) mass is 253 g/mol. The summed E-state index contributed by atoms with van der Waals surface area (Å²) in [6.45, 7) is 7.37. The van der Waals surface area contributed by atoms with Gasteiger partial charge in [-0.1, -0.05) is 31.5 Å². The lowest BCUT2D eigenvalue weighted by molar-refractivity contribution is -0.119. The number of ketones is 1. The second kappa shape index (κ2) is 6.07. The first-order valence-corrected chi connectivity index (χ1v) is 6.82. The van der Waals surface area contributed by atoms with E-state index in [4.69, 9.17) is 0 Å². The zero-order valence-electron chi connectivity index (χ0n) is 10.7. The van der Waals surface area contributed by atoms with Crippen LogP contribution in [0.1, 0.15) is 26.3 Å². The first kappa shape index (κ1) is 14.1. The smallest absolute Gasteiger partial charge is 0.147 e. The molecule has 4 heteroatoms. The van der Waals surface area contributed by atoms with E-state index in [2.05, 4.69) is 4.72 Å². The van der Waals surface area contributed by atoms with Gasteiger partial charge in [0.2, 0.25) is 0 Å². The van der Waals surface area contributed by atoms with E-state index in [1.54, 1.807) is 0 Å². The number of benzene rings is 1. The van der Waals surface area contributed by atoms with Crippen molar-refractivity contribution in [2.75, 3.05) is 0 Å². The van der Waals surface area contributed by atoms with Gasteiger partial charge in [-0.25, -0.2) is 8.93 Å². The minimum Gasteiger partial charge on any atom is -0.298 e. The van der Waals surface area contributed by atoms with Crippen LogP contribution in [0.2, 0.25) is 0 Å². The molecule has 0 amide bonds. The fourth-order valence-electron chi connectivity index (χ4n) is 1.53. The molecular formula is C13H19NO2S. The highest BCUT2D eigenvalue weighted by Gasteiger charge is 2.20. The number of aryl methyl sites for hydroxylation is 1. The molecule has 1 aromatic carbocycles. The van der Waals surface area contributed by atoms with E-state index in [1.165, 1.54) is 6.92 Å². The van der Waals surface area contributed by atoms with Crippen molar-refractivity contribution in [2.24, 2.45) is 5.92 Å². The summed E-state index contributed by atoms with van der Waals surface area (Å²) in [6.07, 6.45) is 0. The van der Waals surface area contributed by atoms with Crippen molar-refractivity contribution >= 4 is 16.8 Å². The molecule has 0 unspecified atom stereocenters. The van der Waals surface area contributed by atoms with Crippen LogP contribution in [0.4, 0.5) is 0 Å². The molecule has 1 N–H and O–H groups in total. The number of carbonyl (C=O) groups is 1. The van der Waals surface area contributed by atoms with Crippen LogP contribution in [0.25, 0.3) is 0 Å². The summed E-state index contributed by atoms with van der Waals surface area (Å²) in [5.41, 5.74) is 1.12. The third-order valence-corrected chi connectivity index (χ3v) is 3.74. The third-order valence-electron chi connectivity index (χ3n) is 2.57. The Morgan fingerprint density at radius 2 is 1.76 bits per heavy atom. The van der Waals surface area contributed by atoms with Crippen LogP contribution < -0.4 is 4.72 Å². The number of carbonyl (C=O) groups excluding carboxylic acids is 1. The van der Waals surface area contributed by atoms with Crippen molar-refractivity contribution in [2.45, 2.75) is 38.6 Å². The number of Topliss-reactive ketones (excluding diaryl/α,β-unsaturated/α-hetero) is 1. The molecule has 0 bridgehead atoms. The fourth-order valence-corrected chi connectivity index (χ4v) is 2.72. The average Bonchev–Trinajstić information content (AvgIpc) is 2.25. The van der Waals surface area contributed by atoms with E-state index in [1.807, 2.05) is 45.0 Å². The molecule has 1 aromatic rings. The number of nitrogens with one attached hydrogen (secondary N) is 1. The SMILES string of the molecule is CC(=O)[C@@H](N[S@@](=O)c1ccc(C)cc1)C(C)C. The second-order valence-electron chi connectivity index (χ2n) is 4.53. The molecule has 0 spiro atoms. The van der Waals surface area contributed by atoms with Gasteiger partial charge in [0, 0.05) is 0 Å². The topological polar surface area (TPSA) is 46.2 Å². The summed E-state index contributed by atoms with van der Waals surface area (Å²) < 4.78 is 14.9. The van der Waals surface area contributed by atoms with E-state index in [0.717, 1.165) is 5.56 Å². The molecule has 0 saturated heterocycles. The van der Waals surface area contributed by atoms with Gasteiger partial charge in [-0.05, 0) is 31.9 Å². The molecule has 0 aliphatic carbocycles. The molecule has 1 rings (SSSR count). The molecular weight excluding hydrogens is 234 g/mol. The van der Waals surface area contributed by atoms with Crippen molar-refractivity contribution in [1.29, 1.82) is 0 Å². The Morgan fingerprint density at radius 3 is 2.18 bits per heavy atom. The van der Waals surface area contributed by atoms with Crippen molar-refractivity contribution in [3.63, 3.8) is 0 Å². The standard InChI is InChI=1S/C13H19NO2S/c1-9(2)13(11(4)15)14-17(16)12-7-5-10(3)6-8-12/h5-9,13-14H,1-4H3/t13-,17-/m0/s1. The van der Waals surface area contributed by atoms with Gasteiger partial charge in [0.25, 0.3) is 0 Å². The van der Waals surface area contributed by atoms with Crippen molar-refractivity contribution in [3.8, 4) is 0 Å². The number of hydrogen-bond acceptors (Lipinski definition) is 2. The summed E-state index contributed by atoms with van der Waals surface area (Å²) in [7, 11) is -1.33. The van der Waals surface area contributed by atoms with Crippen LogP contribution in [-0.4, -0.2) is 16.0 Å². The van der Waals surface area contributed by atoms with Gasteiger partial charge in [0.05, 0.1) is 10.9 Å². The van der Waals surface area contributed by atoms with E-state index in [9.17, 15) is 9.00 Å². The zero-order valence-corrected chi connectivity index (χ0v) is 11.5. The Hall–Kier alpha value is -1.00. The normalized spacial score (nSPS) is 14.6. The van der Waals surface area contributed by atoms with Gasteiger partial charge in [-0.3, -0.25) is 4.79 Å². The summed E-state index contributed by atoms with van der Waals surface area (Å²) in [5.74, 6) is 0.141. The van der Waals surface area contributed by atoms with Crippen LogP contribution in [0.5, 0.6) is 0 Å². The van der Waals surface area contributed by atoms with E-state index in [0.29, 0.717) is 4.90 Å². The van der Waals surface area contributed by atoms with E-state index < -0.39 is 11.0 Å². The second-order valence-corrected chi connectivity index (χ2v) is 5.78. The minimum absolute atomic E-state index is 0.0143. The zero-order chi connectivity index (χ0) is 13.0. The summed E-state index contributed by atoms with van der Waals surface area (Å²) in [6, 6.07) is 7.09. The van der Waals surface area contributed by atoms with Crippen molar-refractivity contribution in [3.05, 3.63) is 29.8 Å². The molecule has 94 valence electrons. The molecule has 0 aliphatic heterocycles. The summed E-state index contributed by atoms with van der Waals surface area (Å²) in [4.78, 5) is 12.1. The highest BCUT2D eigenvalue weighted by molar-refractivity contribution is 7.83. The molecule has 0 aliphatic rings. The molecule has 17 heavy (non-hydrogen) atoms. The predicted molar refractivity (Wildman–Crippen MR) is 70.0 cm³/mol. The van der Waals surface area contributed by atoms with Crippen molar-refractivity contribution in [1.82, 2.24) is 4.72 Å². The Kier molecular flexibility index (Phi) is 5.02. The van der Waals surface area contributed by atoms with Crippen LogP contribution >= 0.6 is 0 Å². The van der Waals surface area contributed by atoms with Crippen LogP contribution in [0.15, 0.2) is 29.2 Å². The number of hydrogen-bond donors (Lipinski definition) is 1. The maximum Gasteiger partial charge on any atom is 0.147 e. The Labute approximate surface area is 105 Å². The maximum atomic E-state index is 12.0. The fraction of sp³-hybridized carbons (Fsp3) is 0.462. The average molecular weight is 253 g/mol. The van der Waals surface area contributed by atoms with E-state index in [-0.39, 0.29) is 17.7 Å². The molecule has 3 nitrogen and oxygen atoms in total. The Morgan fingerprint density at radius 1 is 1.24 bits per heavy atom. The highest BCUT2D eigenvalue weighted by atomic mass is 32.2. The van der Waals surface area contributed by atoms with Crippen molar-refractivity contribution < 1.29 is 9.00 Å². The van der Waals surface area contributed by atoms with Gasteiger partial charge >= 0.3 is 0 Å². The lowest BCUT2D eigenvalue weighted by Crippen LogP contribution is -2.40. The van der Waals surface area contributed by atoms with Gasteiger partial charge in [-0.2, -0.15) is 0 Å². The molecule has 0 aromatic heterocycles. The van der Waals surface area contributed by atoms with Crippen LogP contribution in [0, 0.1) is 12.8 Å². The van der Waals surface area contributed by atoms with Gasteiger partial charge < -0.3 is 0 Å². The van der Waals surface area contributed by atoms with Crippen LogP contribution in [-0.2, 0) is 15.8 Å².